The third-order valence-electron chi connectivity index (χ3n) is 2.13. The van der Waals surface area contributed by atoms with Crippen LogP contribution in [-0.4, -0.2) is 13.4 Å². The molecule has 0 aliphatic heterocycles. The van der Waals surface area contributed by atoms with Gasteiger partial charge in [-0.3, -0.25) is 4.72 Å². The van der Waals surface area contributed by atoms with Crippen LogP contribution in [0.15, 0.2) is 28.6 Å². The highest BCUT2D eigenvalue weighted by molar-refractivity contribution is 7.94. The summed E-state index contributed by atoms with van der Waals surface area (Å²) in [6.45, 7) is 1.55. The first-order valence-corrected chi connectivity index (χ1v) is 7.46. The summed E-state index contributed by atoms with van der Waals surface area (Å²) in [5.41, 5.74) is 0.649. The van der Waals surface area contributed by atoms with Crippen molar-refractivity contribution in [3.05, 3.63) is 40.2 Å². The highest BCUT2D eigenvalue weighted by Crippen LogP contribution is 2.25. The quantitative estimate of drug-likeness (QED) is 0.948. The monoisotopic (exact) mass is 306 g/mol. The normalized spacial score (nSPS) is 11.5. The fraction of sp³-hybridized carbons (Fsp3) is 0.100. The van der Waals surface area contributed by atoms with Crippen LogP contribution in [0.4, 0.5) is 10.1 Å². The average Bonchev–Trinajstić information content (AvgIpc) is 2.71. The predicted octanol–water partition coefficient (Wildman–Crippen LogP) is 3.04. The fourth-order valence-corrected chi connectivity index (χ4v) is 3.62. The van der Waals surface area contributed by atoms with Gasteiger partial charge in [-0.25, -0.2) is 17.8 Å². The third-order valence-corrected chi connectivity index (χ3v) is 5.09. The minimum Gasteiger partial charge on any atom is -0.279 e. The van der Waals surface area contributed by atoms with Gasteiger partial charge in [-0.2, -0.15) is 0 Å². The molecular formula is C10H8ClFN2O2S2. The molecule has 0 saturated carbocycles. The van der Waals surface area contributed by atoms with Crippen LogP contribution >= 0.6 is 22.9 Å². The van der Waals surface area contributed by atoms with Crippen molar-refractivity contribution in [2.75, 3.05) is 4.72 Å². The van der Waals surface area contributed by atoms with Gasteiger partial charge in [0.2, 0.25) is 0 Å². The van der Waals surface area contributed by atoms with Crippen LogP contribution in [0.3, 0.4) is 0 Å². The summed E-state index contributed by atoms with van der Waals surface area (Å²) >= 11 is 6.43. The molecular weight excluding hydrogens is 299 g/mol. The predicted molar refractivity (Wildman–Crippen MR) is 69.1 cm³/mol. The summed E-state index contributed by atoms with van der Waals surface area (Å²) in [4.78, 5) is 3.66. The van der Waals surface area contributed by atoms with Crippen molar-refractivity contribution < 1.29 is 12.8 Å². The van der Waals surface area contributed by atoms with Crippen LogP contribution < -0.4 is 4.72 Å². The third kappa shape index (κ3) is 2.80. The molecule has 0 atom stereocenters. The van der Waals surface area contributed by atoms with E-state index in [1.165, 1.54) is 24.4 Å². The van der Waals surface area contributed by atoms with Gasteiger partial charge in [-0.15, -0.1) is 0 Å². The average molecular weight is 307 g/mol. The minimum absolute atomic E-state index is 0.00878. The molecule has 0 amide bonds. The number of aryl methyl sites for hydroxylation is 1. The molecule has 1 aromatic carbocycles. The smallest absolute Gasteiger partial charge is 0.273 e. The zero-order valence-corrected chi connectivity index (χ0v) is 11.5. The lowest BCUT2D eigenvalue weighted by Gasteiger charge is -2.06. The first-order chi connectivity index (χ1) is 8.38. The van der Waals surface area contributed by atoms with Gasteiger partial charge in [0.1, 0.15) is 5.82 Å². The van der Waals surface area contributed by atoms with E-state index in [1.807, 2.05) is 0 Å². The van der Waals surface area contributed by atoms with Crippen molar-refractivity contribution in [2.45, 2.75) is 11.1 Å². The molecule has 96 valence electrons. The molecule has 0 radical (unpaired) electrons. The maximum absolute atomic E-state index is 13.1. The summed E-state index contributed by atoms with van der Waals surface area (Å²) in [6, 6.07) is 3.96. The van der Waals surface area contributed by atoms with Crippen LogP contribution in [0, 0.1) is 12.7 Å². The van der Waals surface area contributed by atoms with Gasteiger partial charge in [-0.1, -0.05) is 22.9 Å². The van der Waals surface area contributed by atoms with Gasteiger partial charge in [0, 0.05) is 5.69 Å². The van der Waals surface area contributed by atoms with Crippen molar-refractivity contribution in [2.24, 2.45) is 0 Å². The molecule has 4 nitrogen and oxygen atoms in total. The summed E-state index contributed by atoms with van der Waals surface area (Å²) < 4.78 is 39.4. The summed E-state index contributed by atoms with van der Waals surface area (Å²) in [5, 5.41) is 0. The molecule has 1 N–H and O–H groups in total. The maximum Gasteiger partial charge on any atom is 0.273 e. The Morgan fingerprint density at radius 3 is 2.72 bits per heavy atom. The SMILES string of the molecule is Cc1cc(NS(=O)(=O)c2cnc(Cl)s2)ccc1F. The Hall–Kier alpha value is -1.18. The van der Waals surface area contributed by atoms with E-state index < -0.39 is 15.8 Å². The summed E-state index contributed by atoms with van der Waals surface area (Å²) in [5.74, 6) is -0.390. The van der Waals surface area contributed by atoms with Crippen LogP contribution in [0.25, 0.3) is 0 Å². The van der Waals surface area contributed by atoms with Crippen LogP contribution in [0.1, 0.15) is 5.56 Å². The van der Waals surface area contributed by atoms with Gasteiger partial charge >= 0.3 is 0 Å². The summed E-state index contributed by atoms with van der Waals surface area (Å²) in [7, 11) is -3.72. The highest BCUT2D eigenvalue weighted by Gasteiger charge is 2.17. The Morgan fingerprint density at radius 2 is 2.17 bits per heavy atom. The minimum atomic E-state index is -3.72. The maximum atomic E-state index is 13.1. The topological polar surface area (TPSA) is 59.1 Å². The van der Waals surface area contributed by atoms with Gasteiger partial charge in [0.15, 0.2) is 8.68 Å². The molecule has 1 heterocycles. The fourth-order valence-electron chi connectivity index (χ4n) is 1.28. The number of hydrogen-bond donors (Lipinski definition) is 1. The second-order valence-corrected chi connectivity index (χ2v) is 7.02. The van der Waals surface area contributed by atoms with E-state index in [0.717, 1.165) is 11.3 Å². The molecule has 2 rings (SSSR count). The van der Waals surface area contributed by atoms with Crippen molar-refractivity contribution in [1.82, 2.24) is 4.98 Å². The molecule has 1 aromatic heterocycles. The number of thiazole rings is 1. The molecule has 18 heavy (non-hydrogen) atoms. The number of nitrogens with zero attached hydrogens (tertiary/aromatic N) is 1. The lowest BCUT2D eigenvalue weighted by atomic mass is 10.2. The van der Waals surface area contributed by atoms with E-state index in [4.69, 9.17) is 11.6 Å². The molecule has 0 fully saturated rings. The molecule has 0 bridgehead atoms. The standard InChI is InChI=1S/C10H8ClFN2O2S2/c1-6-4-7(2-3-8(6)12)14-18(15,16)9-5-13-10(11)17-9/h2-5,14H,1H3. The van der Waals surface area contributed by atoms with Crippen molar-refractivity contribution in [3.8, 4) is 0 Å². The Balaban J connectivity index is 2.30. The molecule has 8 heteroatoms. The van der Waals surface area contributed by atoms with E-state index in [9.17, 15) is 12.8 Å². The Morgan fingerprint density at radius 1 is 1.44 bits per heavy atom. The van der Waals surface area contributed by atoms with E-state index in [0.29, 0.717) is 11.3 Å². The lowest BCUT2D eigenvalue weighted by Crippen LogP contribution is -2.11. The van der Waals surface area contributed by atoms with Crippen LogP contribution in [0.5, 0.6) is 0 Å². The Bertz CT molecular complexity index is 685. The number of nitrogens with one attached hydrogen (secondary N) is 1. The number of rotatable bonds is 3. The number of anilines is 1. The van der Waals surface area contributed by atoms with Gasteiger partial charge in [0.05, 0.1) is 6.20 Å². The number of hydrogen-bond acceptors (Lipinski definition) is 4. The van der Waals surface area contributed by atoms with Crippen molar-refractivity contribution >= 4 is 38.6 Å². The van der Waals surface area contributed by atoms with Crippen LogP contribution in [0.2, 0.25) is 4.47 Å². The number of sulfonamides is 1. The van der Waals surface area contributed by atoms with Gasteiger partial charge in [-0.05, 0) is 30.7 Å². The Labute approximate surface area is 112 Å². The lowest BCUT2D eigenvalue weighted by molar-refractivity contribution is 0.602. The second kappa shape index (κ2) is 4.83. The molecule has 2 aromatic rings. The molecule has 0 aliphatic carbocycles. The number of halogens is 2. The van der Waals surface area contributed by atoms with E-state index in [2.05, 4.69) is 9.71 Å². The second-order valence-electron chi connectivity index (χ2n) is 3.50. The molecule has 0 aliphatic rings. The van der Waals surface area contributed by atoms with E-state index >= 15 is 0 Å². The first kappa shape index (κ1) is 13.3. The van der Waals surface area contributed by atoms with E-state index in [1.54, 1.807) is 6.92 Å². The zero-order chi connectivity index (χ0) is 13.3. The molecule has 0 unspecified atom stereocenters. The molecule has 0 saturated heterocycles. The zero-order valence-electron chi connectivity index (χ0n) is 9.15. The largest absolute Gasteiger partial charge is 0.279 e. The molecule has 0 spiro atoms. The van der Waals surface area contributed by atoms with Crippen molar-refractivity contribution in [3.63, 3.8) is 0 Å². The number of benzene rings is 1. The first-order valence-electron chi connectivity index (χ1n) is 4.79. The van der Waals surface area contributed by atoms with Crippen molar-refractivity contribution in [1.29, 1.82) is 0 Å². The van der Waals surface area contributed by atoms with E-state index in [-0.39, 0.29) is 8.68 Å². The Kier molecular flexibility index (Phi) is 3.56. The van der Waals surface area contributed by atoms with Crippen LogP contribution in [-0.2, 0) is 10.0 Å². The number of aromatic nitrogens is 1. The summed E-state index contributed by atoms with van der Waals surface area (Å²) in [6.07, 6.45) is 1.17. The van der Waals surface area contributed by atoms with Gasteiger partial charge < -0.3 is 0 Å². The highest BCUT2D eigenvalue weighted by atomic mass is 35.5. The van der Waals surface area contributed by atoms with Gasteiger partial charge in [0.25, 0.3) is 10.0 Å².